The smallest absolute Gasteiger partial charge is 0.270 e. The van der Waals surface area contributed by atoms with Crippen molar-refractivity contribution in [3.63, 3.8) is 0 Å². The number of hydrogen-bond donors (Lipinski definition) is 1. The molecule has 0 bridgehead atoms. The first-order valence-corrected chi connectivity index (χ1v) is 5.53. The highest BCUT2D eigenvalue weighted by Gasteiger charge is 2.12. The Labute approximate surface area is 108 Å². The van der Waals surface area contributed by atoms with E-state index in [1.165, 1.54) is 18.2 Å². The van der Waals surface area contributed by atoms with Crippen molar-refractivity contribution in [2.24, 2.45) is 0 Å². The van der Waals surface area contributed by atoms with Crippen LogP contribution in [0.2, 0.25) is 0 Å². The lowest BCUT2D eigenvalue weighted by atomic mass is 10.2. The zero-order valence-corrected chi connectivity index (χ0v) is 10.2. The molecule has 0 unspecified atom stereocenters. The highest BCUT2D eigenvalue weighted by atomic mass is 16.6. The maximum atomic E-state index is 10.6. The second-order valence-corrected chi connectivity index (χ2v) is 3.93. The van der Waals surface area contributed by atoms with Crippen molar-refractivity contribution in [1.82, 2.24) is 5.16 Å². The molecule has 2 aromatic rings. The Hall–Kier alpha value is -2.41. The van der Waals surface area contributed by atoms with Gasteiger partial charge in [-0.25, -0.2) is 0 Å². The first-order chi connectivity index (χ1) is 9.10. The van der Waals surface area contributed by atoms with Crippen LogP contribution >= 0.6 is 0 Å². The molecule has 0 aliphatic carbocycles. The summed E-state index contributed by atoms with van der Waals surface area (Å²) in [7, 11) is 0. The van der Waals surface area contributed by atoms with Crippen LogP contribution in [-0.2, 0) is 13.2 Å². The van der Waals surface area contributed by atoms with Crippen LogP contribution < -0.4 is 4.74 Å². The fourth-order valence-corrected chi connectivity index (χ4v) is 1.58. The van der Waals surface area contributed by atoms with Gasteiger partial charge in [-0.1, -0.05) is 5.16 Å². The molecule has 1 N–H and O–H groups in total. The summed E-state index contributed by atoms with van der Waals surface area (Å²) < 4.78 is 10.4. The Morgan fingerprint density at radius 2 is 2.26 bits per heavy atom. The number of nitro benzene ring substituents is 1. The second-order valence-electron chi connectivity index (χ2n) is 3.93. The maximum Gasteiger partial charge on any atom is 0.270 e. The molecule has 19 heavy (non-hydrogen) atoms. The van der Waals surface area contributed by atoms with Gasteiger partial charge in [-0.15, -0.1) is 0 Å². The average molecular weight is 264 g/mol. The monoisotopic (exact) mass is 264 g/mol. The molecule has 0 radical (unpaired) electrons. The van der Waals surface area contributed by atoms with Crippen molar-refractivity contribution in [3.8, 4) is 5.75 Å². The lowest BCUT2D eigenvalue weighted by Gasteiger charge is -2.08. The van der Waals surface area contributed by atoms with Gasteiger partial charge in [0.15, 0.2) is 5.76 Å². The molecule has 0 saturated heterocycles. The van der Waals surface area contributed by atoms with Crippen LogP contribution in [0.4, 0.5) is 5.69 Å². The molecule has 7 heteroatoms. The molecule has 1 aromatic heterocycles. The van der Waals surface area contributed by atoms with Crippen LogP contribution in [0, 0.1) is 17.0 Å². The molecule has 7 nitrogen and oxygen atoms in total. The van der Waals surface area contributed by atoms with E-state index < -0.39 is 4.92 Å². The molecule has 0 fully saturated rings. The largest absolute Gasteiger partial charge is 0.485 e. The number of benzene rings is 1. The van der Waals surface area contributed by atoms with Crippen LogP contribution in [-0.4, -0.2) is 15.2 Å². The number of hydrogen-bond acceptors (Lipinski definition) is 6. The predicted molar refractivity (Wildman–Crippen MR) is 64.6 cm³/mol. The summed E-state index contributed by atoms with van der Waals surface area (Å²) >= 11 is 0. The topological polar surface area (TPSA) is 98.6 Å². The molecule has 0 amide bonds. The molecule has 0 aliphatic rings. The van der Waals surface area contributed by atoms with Gasteiger partial charge in [-0.3, -0.25) is 10.1 Å². The van der Waals surface area contributed by atoms with Gasteiger partial charge in [0.25, 0.3) is 5.69 Å². The minimum atomic E-state index is -0.525. The highest BCUT2D eigenvalue weighted by Crippen LogP contribution is 2.25. The molecule has 0 aliphatic heterocycles. The Morgan fingerprint density at radius 3 is 2.84 bits per heavy atom. The number of aryl methyl sites for hydroxylation is 1. The SMILES string of the molecule is Cc1cc(COc2ccc([N+](=O)[O-])cc2CO)on1. The van der Waals surface area contributed by atoms with E-state index in [4.69, 9.17) is 9.26 Å². The summed E-state index contributed by atoms with van der Waals surface area (Å²) in [4.78, 5) is 10.1. The van der Waals surface area contributed by atoms with E-state index in [0.29, 0.717) is 17.1 Å². The zero-order chi connectivity index (χ0) is 13.8. The number of aromatic nitrogens is 1. The molecule has 100 valence electrons. The standard InChI is InChI=1S/C12H12N2O5/c1-8-4-11(19-13-8)7-18-12-3-2-10(14(16)17)5-9(12)6-15/h2-5,15H,6-7H2,1H3. The van der Waals surface area contributed by atoms with E-state index in [1.807, 2.05) is 0 Å². The molecule has 2 rings (SSSR count). The third-order valence-electron chi connectivity index (χ3n) is 2.47. The van der Waals surface area contributed by atoms with Crippen molar-refractivity contribution in [3.05, 3.63) is 51.4 Å². The second kappa shape index (κ2) is 5.49. The van der Waals surface area contributed by atoms with Gasteiger partial charge in [0.2, 0.25) is 0 Å². The Bertz CT molecular complexity index is 594. The summed E-state index contributed by atoms with van der Waals surface area (Å²) in [6.07, 6.45) is 0. The van der Waals surface area contributed by atoms with Crippen LogP contribution in [0.5, 0.6) is 5.75 Å². The lowest BCUT2D eigenvalue weighted by molar-refractivity contribution is -0.385. The summed E-state index contributed by atoms with van der Waals surface area (Å²) in [5.41, 5.74) is 1.00. The van der Waals surface area contributed by atoms with Crippen LogP contribution in [0.15, 0.2) is 28.8 Å². The van der Waals surface area contributed by atoms with Gasteiger partial charge in [0.05, 0.1) is 17.2 Å². The van der Waals surface area contributed by atoms with E-state index in [9.17, 15) is 15.2 Å². The Kier molecular flexibility index (Phi) is 3.76. The van der Waals surface area contributed by atoms with E-state index in [2.05, 4.69) is 5.16 Å². The number of ether oxygens (including phenoxy) is 1. The number of nitrogens with zero attached hydrogens (tertiary/aromatic N) is 2. The van der Waals surface area contributed by atoms with Gasteiger partial charge < -0.3 is 14.4 Å². The maximum absolute atomic E-state index is 10.6. The summed E-state index contributed by atoms with van der Waals surface area (Å²) in [6.45, 7) is 1.59. The number of non-ortho nitro benzene ring substituents is 1. The van der Waals surface area contributed by atoms with E-state index >= 15 is 0 Å². The van der Waals surface area contributed by atoms with Gasteiger partial charge in [0, 0.05) is 23.8 Å². The summed E-state index contributed by atoms with van der Waals surface area (Å²) in [6, 6.07) is 5.78. The minimum absolute atomic E-state index is 0.0908. The van der Waals surface area contributed by atoms with Crippen molar-refractivity contribution in [2.75, 3.05) is 0 Å². The molecular weight excluding hydrogens is 252 g/mol. The number of nitro groups is 1. The van der Waals surface area contributed by atoms with E-state index in [0.717, 1.165) is 5.69 Å². The first kappa shape index (κ1) is 13.0. The summed E-state index contributed by atoms with van der Waals surface area (Å²) in [5, 5.41) is 23.5. The predicted octanol–water partition coefficient (Wildman–Crippen LogP) is 1.96. The zero-order valence-electron chi connectivity index (χ0n) is 10.2. The van der Waals surface area contributed by atoms with Crippen molar-refractivity contribution in [2.45, 2.75) is 20.1 Å². The van der Waals surface area contributed by atoms with Crippen molar-refractivity contribution in [1.29, 1.82) is 0 Å². The van der Waals surface area contributed by atoms with Crippen molar-refractivity contribution >= 4 is 5.69 Å². The molecule has 0 atom stereocenters. The minimum Gasteiger partial charge on any atom is -0.485 e. The first-order valence-electron chi connectivity index (χ1n) is 5.53. The van der Waals surface area contributed by atoms with Gasteiger partial charge in [-0.2, -0.15) is 0 Å². The molecule has 0 spiro atoms. The fourth-order valence-electron chi connectivity index (χ4n) is 1.58. The van der Waals surface area contributed by atoms with E-state index in [1.54, 1.807) is 13.0 Å². The van der Waals surface area contributed by atoms with Crippen LogP contribution in [0.1, 0.15) is 17.0 Å². The molecule has 1 aromatic carbocycles. The van der Waals surface area contributed by atoms with E-state index in [-0.39, 0.29) is 18.9 Å². The Morgan fingerprint density at radius 1 is 1.47 bits per heavy atom. The molecule has 1 heterocycles. The summed E-state index contributed by atoms with van der Waals surface area (Å²) in [5.74, 6) is 0.918. The highest BCUT2D eigenvalue weighted by molar-refractivity contribution is 5.43. The van der Waals surface area contributed by atoms with Gasteiger partial charge in [0.1, 0.15) is 12.4 Å². The van der Waals surface area contributed by atoms with Gasteiger partial charge in [-0.05, 0) is 13.0 Å². The number of aliphatic hydroxyl groups is 1. The van der Waals surface area contributed by atoms with Crippen molar-refractivity contribution < 1.29 is 19.3 Å². The lowest BCUT2D eigenvalue weighted by Crippen LogP contribution is -1.99. The third kappa shape index (κ3) is 3.08. The van der Waals surface area contributed by atoms with Crippen LogP contribution in [0.3, 0.4) is 0 Å². The third-order valence-corrected chi connectivity index (χ3v) is 2.47. The normalized spacial score (nSPS) is 10.4. The fraction of sp³-hybridized carbons (Fsp3) is 0.250. The van der Waals surface area contributed by atoms with Crippen LogP contribution in [0.25, 0.3) is 0 Å². The Balaban J connectivity index is 2.13. The van der Waals surface area contributed by atoms with Gasteiger partial charge >= 0.3 is 0 Å². The number of rotatable bonds is 5. The number of aliphatic hydroxyl groups excluding tert-OH is 1. The average Bonchev–Trinajstić information content (AvgIpc) is 2.81. The molecular formula is C12H12N2O5. The quantitative estimate of drug-likeness (QED) is 0.654. The molecule has 0 saturated carbocycles.